The fraction of sp³-hybridized carbons (Fsp3) is 0.250. The summed E-state index contributed by atoms with van der Waals surface area (Å²) in [6.45, 7) is 2.01. The Labute approximate surface area is 123 Å². The fourth-order valence-corrected chi connectivity index (χ4v) is 2.47. The zero-order valence-corrected chi connectivity index (χ0v) is 11.9. The van der Waals surface area contributed by atoms with E-state index in [2.05, 4.69) is 10.3 Å². The van der Waals surface area contributed by atoms with E-state index < -0.39 is 0 Å². The van der Waals surface area contributed by atoms with Crippen molar-refractivity contribution in [3.8, 4) is 0 Å². The highest BCUT2D eigenvalue weighted by atomic mass is 35.5. The molecule has 0 atom stereocenters. The van der Waals surface area contributed by atoms with Crippen LogP contribution in [-0.4, -0.2) is 10.9 Å². The first-order valence-corrected chi connectivity index (χ1v) is 7.06. The number of hydrogen-bond donors (Lipinski definition) is 1. The maximum absolute atomic E-state index is 12.1. The van der Waals surface area contributed by atoms with Gasteiger partial charge < -0.3 is 5.32 Å². The molecule has 0 aliphatic heterocycles. The van der Waals surface area contributed by atoms with Gasteiger partial charge in [-0.1, -0.05) is 29.8 Å². The lowest BCUT2D eigenvalue weighted by Crippen LogP contribution is -2.14. The number of rotatable bonds is 3. The van der Waals surface area contributed by atoms with Crippen molar-refractivity contribution in [3.05, 3.63) is 58.2 Å². The average Bonchev–Trinajstić information content (AvgIpc) is 3.27. The van der Waals surface area contributed by atoms with Crippen LogP contribution in [0.2, 0.25) is 5.02 Å². The van der Waals surface area contributed by atoms with Crippen molar-refractivity contribution in [3.63, 3.8) is 0 Å². The number of halogens is 1. The summed E-state index contributed by atoms with van der Waals surface area (Å²) in [5.74, 6) is 0.790. The average molecular weight is 287 g/mol. The molecule has 1 amide bonds. The molecule has 1 heterocycles. The summed E-state index contributed by atoms with van der Waals surface area (Å²) in [5.41, 5.74) is 2.74. The Morgan fingerprint density at radius 2 is 2.00 bits per heavy atom. The lowest BCUT2D eigenvalue weighted by Gasteiger charge is -2.10. The Hall–Kier alpha value is -1.87. The molecule has 1 aromatic heterocycles. The maximum Gasteiger partial charge on any atom is 0.256 e. The molecule has 0 bridgehead atoms. The topological polar surface area (TPSA) is 42.0 Å². The second kappa shape index (κ2) is 5.25. The molecule has 0 unspecified atom stereocenters. The summed E-state index contributed by atoms with van der Waals surface area (Å²) in [7, 11) is 0. The summed E-state index contributed by atoms with van der Waals surface area (Å²) in [4.78, 5) is 16.7. The van der Waals surface area contributed by atoms with Gasteiger partial charge in [0.2, 0.25) is 0 Å². The van der Waals surface area contributed by atoms with Gasteiger partial charge in [-0.3, -0.25) is 4.79 Å². The van der Waals surface area contributed by atoms with E-state index in [1.54, 1.807) is 12.1 Å². The van der Waals surface area contributed by atoms with Gasteiger partial charge in [0.25, 0.3) is 5.91 Å². The third-order valence-electron chi connectivity index (χ3n) is 3.44. The zero-order valence-electron chi connectivity index (χ0n) is 11.2. The number of hydrogen-bond acceptors (Lipinski definition) is 2. The first kappa shape index (κ1) is 13.1. The van der Waals surface area contributed by atoms with Gasteiger partial charge in [-0.25, -0.2) is 4.98 Å². The second-order valence-electron chi connectivity index (χ2n) is 5.12. The van der Waals surface area contributed by atoms with E-state index in [1.807, 2.05) is 31.2 Å². The van der Waals surface area contributed by atoms with Gasteiger partial charge in [-0.15, -0.1) is 0 Å². The van der Waals surface area contributed by atoms with E-state index in [4.69, 9.17) is 11.6 Å². The molecule has 0 saturated heterocycles. The van der Waals surface area contributed by atoms with Crippen LogP contribution in [0.5, 0.6) is 0 Å². The second-order valence-corrected chi connectivity index (χ2v) is 5.52. The van der Waals surface area contributed by atoms with Gasteiger partial charge in [0.15, 0.2) is 5.82 Å². The molecule has 3 rings (SSSR count). The Morgan fingerprint density at radius 1 is 1.30 bits per heavy atom. The normalized spacial score (nSPS) is 14.1. The standard InChI is InChI=1S/C16H15ClN2O/c1-10-9-13(17)15(18-14(10)11-7-8-11)19-16(20)12-5-3-2-4-6-12/h2-6,9,11H,7-8H2,1H3,(H,18,19,20). The lowest BCUT2D eigenvalue weighted by atomic mass is 10.1. The van der Waals surface area contributed by atoms with Crippen LogP contribution >= 0.6 is 11.6 Å². The van der Waals surface area contributed by atoms with Crippen LogP contribution in [0, 0.1) is 6.92 Å². The Morgan fingerprint density at radius 3 is 2.65 bits per heavy atom. The van der Waals surface area contributed by atoms with Crippen molar-refractivity contribution in [1.29, 1.82) is 0 Å². The highest BCUT2D eigenvalue weighted by Crippen LogP contribution is 2.41. The van der Waals surface area contributed by atoms with Crippen molar-refractivity contribution < 1.29 is 4.79 Å². The van der Waals surface area contributed by atoms with E-state index in [1.165, 1.54) is 12.8 Å². The molecule has 20 heavy (non-hydrogen) atoms. The molecule has 2 aromatic rings. The van der Waals surface area contributed by atoms with Gasteiger partial charge in [0.1, 0.15) is 0 Å². The summed E-state index contributed by atoms with van der Waals surface area (Å²) < 4.78 is 0. The third kappa shape index (κ3) is 2.68. The van der Waals surface area contributed by atoms with Gasteiger partial charge in [-0.2, -0.15) is 0 Å². The third-order valence-corrected chi connectivity index (χ3v) is 3.73. The van der Waals surface area contributed by atoms with E-state index >= 15 is 0 Å². The van der Waals surface area contributed by atoms with Gasteiger partial charge in [0.05, 0.1) is 5.02 Å². The number of benzene rings is 1. The van der Waals surface area contributed by atoms with Crippen LogP contribution in [0.1, 0.15) is 40.4 Å². The molecule has 1 aromatic carbocycles. The number of nitrogens with zero attached hydrogens (tertiary/aromatic N) is 1. The predicted octanol–water partition coefficient (Wildman–Crippen LogP) is 4.17. The summed E-state index contributed by atoms with van der Waals surface area (Å²) in [5, 5.41) is 3.28. The maximum atomic E-state index is 12.1. The molecule has 3 nitrogen and oxygen atoms in total. The molecule has 0 radical (unpaired) electrons. The number of nitrogens with one attached hydrogen (secondary N) is 1. The Bertz CT molecular complexity index is 651. The van der Waals surface area contributed by atoms with E-state index in [0.717, 1.165) is 11.3 Å². The van der Waals surface area contributed by atoms with E-state index in [9.17, 15) is 4.79 Å². The monoisotopic (exact) mass is 286 g/mol. The highest BCUT2D eigenvalue weighted by molar-refractivity contribution is 6.33. The minimum atomic E-state index is -0.189. The van der Waals surface area contributed by atoms with Crippen LogP contribution in [0.25, 0.3) is 0 Å². The Balaban J connectivity index is 1.87. The molecule has 102 valence electrons. The first-order chi connectivity index (χ1) is 9.65. The van der Waals surface area contributed by atoms with Crippen molar-refractivity contribution >= 4 is 23.3 Å². The molecule has 1 aliphatic carbocycles. The number of aromatic nitrogens is 1. The molecule has 0 spiro atoms. The molecular weight excluding hydrogens is 272 g/mol. The van der Waals surface area contributed by atoms with Crippen LogP contribution in [0.3, 0.4) is 0 Å². The van der Waals surface area contributed by atoms with Crippen molar-refractivity contribution in [2.45, 2.75) is 25.7 Å². The first-order valence-electron chi connectivity index (χ1n) is 6.68. The van der Waals surface area contributed by atoms with Crippen LogP contribution in [0.15, 0.2) is 36.4 Å². The SMILES string of the molecule is Cc1cc(Cl)c(NC(=O)c2ccccc2)nc1C1CC1. The number of carbonyl (C=O) groups excluding carboxylic acids is 1. The fourth-order valence-electron chi connectivity index (χ4n) is 2.22. The van der Waals surface area contributed by atoms with Crippen molar-refractivity contribution in [2.75, 3.05) is 5.32 Å². The predicted molar refractivity (Wildman–Crippen MR) is 80.4 cm³/mol. The van der Waals surface area contributed by atoms with Gasteiger partial charge in [0, 0.05) is 17.2 Å². The number of aryl methyl sites for hydroxylation is 1. The van der Waals surface area contributed by atoms with Crippen molar-refractivity contribution in [1.82, 2.24) is 4.98 Å². The lowest BCUT2D eigenvalue weighted by molar-refractivity contribution is 0.102. The van der Waals surface area contributed by atoms with Crippen LogP contribution in [-0.2, 0) is 0 Å². The van der Waals surface area contributed by atoms with E-state index in [0.29, 0.717) is 22.3 Å². The number of pyridine rings is 1. The molecule has 1 aliphatic rings. The van der Waals surface area contributed by atoms with Gasteiger partial charge in [-0.05, 0) is 43.5 Å². The largest absolute Gasteiger partial charge is 0.305 e. The quantitative estimate of drug-likeness (QED) is 0.920. The molecule has 1 saturated carbocycles. The molecule has 4 heteroatoms. The number of carbonyl (C=O) groups is 1. The van der Waals surface area contributed by atoms with Gasteiger partial charge >= 0.3 is 0 Å². The summed E-state index contributed by atoms with van der Waals surface area (Å²) in [6.07, 6.45) is 2.34. The molecule has 1 fully saturated rings. The molecule has 1 N–H and O–H groups in total. The summed E-state index contributed by atoms with van der Waals surface area (Å²) in [6, 6.07) is 10.9. The Kier molecular flexibility index (Phi) is 3.45. The van der Waals surface area contributed by atoms with Crippen LogP contribution in [0.4, 0.5) is 5.82 Å². The smallest absolute Gasteiger partial charge is 0.256 e. The van der Waals surface area contributed by atoms with Crippen LogP contribution < -0.4 is 5.32 Å². The minimum absolute atomic E-state index is 0.189. The number of anilines is 1. The zero-order chi connectivity index (χ0) is 14.1. The minimum Gasteiger partial charge on any atom is -0.305 e. The highest BCUT2D eigenvalue weighted by Gasteiger charge is 2.27. The summed E-state index contributed by atoms with van der Waals surface area (Å²) >= 11 is 6.18. The molecular formula is C16H15ClN2O. The van der Waals surface area contributed by atoms with Crippen molar-refractivity contribution in [2.24, 2.45) is 0 Å². The number of amides is 1. The van der Waals surface area contributed by atoms with E-state index in [-0.39, 0.29) is 5.91 Å².